The Kier molecular flexibility index (Phi) is 8.32. The molecule has 3 aliphatic rings. The third-order valence-corrected chi connectivity index (χ3v) is 9.17. The molecule has 2 aliphatic heterocycles. The number of ether oxygens (including phenoxy) is 1. The summed E-state index contributed by atoms with van der Waals surface area (Å²) in [6.45, 7) is 5.71. The van der Waals surface area contributed by atoms with E-state index >= 15 is 0 Å². The average molecular weight is 655 g/mol. The number of carboxylic acids is 1. The number of hydrogen-bond donors (Lipinski definition) is 3. The summed E-state index contributed by atoms with van der Waals surface area (Å²) >= 11 is 0.752. The van der Waals surface area contributed by atoms with Gasteiger partial charge in [-0.2, -0.15) is 0 Å². The number of carboxylic acid groups (broad SMARTS) is 1. The van der Waals surface area contributed by atoms with E-state index in [1.54, 1.807) is 20.8 Å². The van der Waals surface area contributed by atoms with Crippen molar-refractivity contribution in [3.05, 3.63) is 0 Å². The van der Waals surface area contributed by atoms with Crippen LogP contribution in [-0.2, 0) is 19.1 Å². The third kappa shape index (κ3) is 6.60. The molecule has 3 rings (SSSR count). The van der Waals surface area contributed by atoms with Crippen LogP contribution in [0.1, 0.15) is 78.6 Å². The Morgan fingerprint density at radius 1 is 1.15 bits per heavy atom. The Morgan fingerprint density at radius 2 is 1.85 bits per heavy atom. The molecule has 9 nitrogen and oxygen atoms in total. The molecule has 10 heteroatoms. The van der Waals surface area contributed by atoms with Crippen LogP contribution in [0.2, 0.25) is 3.48 Å². The molecule has 2 saturated heterocycles. The van der Waals surface area contributed by atoms with Crippen LogP contribution in [-0.4, -0.2) is 89.4 Å². The molecule has 0 bridgehead atoms. The zero-order chi connectivity index (χ0) is 24.4. The van der Waals surface area contributed by atoms with Gasteiger partial charge in [-0.15, -0.1) is 0 Å². The molecule has 1 unspecified atom stereocenters. The summed E-state index contributed by atoms with van der Waals surface area (Å²) in [6, 6.07) is -1.48. The number of nitrogens with zero attached hydrogens (tertiary/aromatic N) is 1. The fourth-order valence-corrected chi connectivity index (χ4v) is 7.20. The molecule has 0 aromatic carbocycles. The van der Waals surface area contributed by atoms with Crippen molar-refractivity contribution in [3.8, 4) is 0 Å². The van der Waals surface area contributed by atoms with Crippen LogP contribution in [0.5, 0.6) is 0 Å². The van der Waals surface area contributed by atoms with E-state index in [1.807, 2.05) is 0 Å². The molecule has 0 aromatic heterocycles. The van der Waals surface area contributed by atoms with Gasteiger partial charge in [-0.3, -0.25) is 0 Å². The molecule has 0 radical (unpaired) electrons. The Labute approximate surface area is 211 Å². The van der Waals surface area contributed by atoms with Crippen molar-refractivity contribution in [1.82, 2.24) is 15.5 Å². The average Bonchev–Trinajstić information content (AvgIpc) is 3.16. The summed E-state index contributed by atoms with van der Waals surface area (Å²) in [5.74, 6) is -1.72. The van der Waals surface area contributed by atoms with Gasteiger partial charge in [0.1, 0.15) is 0 Å². The number of rotatable bonds is 2. The van der Waals surface area contributed by atoms with Gasteiger partial charge >= 0.3 is 212 Å². The SMILES string of the molecule is CC(C)(C)OC(=O)N[C@H]1CCCCC[C@@H]([Tl])CC2C[C@@]2(C(=O)O)NC(=O)[C@@H]2CCCN2C1=O. The molecule has 1 aliphatic carbocycles. The summed E-state index contributed by atoms with van der Waals surface area (Å²) in [6.07, 6.45) is 6.07. The quantitative estimate of drug-likeness (QED) is 0.392. The molecular weight excluding hydrogens is 619 g/mol. The van der Waals surface area contributed by atoms with E-state index < -0.39 is 41.2 Å². The maximum absolute atomic E-state index is 13.4. The van der Waals surface area contributed by atoms with E-state index in [2.05, 4.69) is 10.6 Å². The molecule has 3 N–H and O–H groups in total. The van der Waals surface area contributed by atoms with Crippen molar-refractivity contribution in [2.24, 2.45) is 5.92 Å². The van der Waals surface area contributed by atoms with Crippen LogP contribution >= 0.6 is 0 Å². The number of nitrogens with one attached hydrogen (secondary N) is 2. The maximum atomic E-state index is 13.4. The third-order valence-electron chi connectivity index (χ3n) is 6.82. The predicted molar refractivity (Wildman–Crippen MR) is 122 cm³/mol. The Bertz CT molecular complexity index is 785. The first-order chi connectivity index (χ1) is 15.4. The summed E-state index contributed by atoms with van der Waals surface area (Å²) in [5, 5.41) is 15.4. The van der Waals surface area contributed by atoms with Gasteiger partial charge in [0.25, 0.3) is 0 Å². The van der Waals surface area contributed by atoms with Crippen molar-refractivity contribution >= 4 is 49.6 Å². The van der Waals surface area contributed by atoms with Crippen LogP contribution in [0, 0.1) is 5.92 Å². The minimum absolute atomic E-state index is 0.0359. The molecule has 0 aromatic rings. The number of amides is 3. The summed E-state index contributed by atoms with van der Waals surface area (Å²) in [7, 11) is 0. The standard InChI is InChI=1S/C23H36N3O6.Tl/c1-22(2,3)32-21(31)24-16-11-8-6-4-5-7-10-15-14-23(15,20(29)30)25-18(27)17-12-9-13-26(17)19(16)28;/h7,15-17H,4-6,8-14H2,1-3H3,(H,24,31)(H,25,27)(H,29,30);/t15?,16-,17-,23+;/m0./s1. The van der Waals surface area contributed by atoms with Crippen LogP contribution in [0.3, 0.4) is 0 Å². The van der Waals surface area contributed by atoms with E-state index in [-0.39, 0.29) is 11.8 Å². The molecule has 3 fully saturated rings. The van der Waals surface area contributed by atoms with Gasteiger partial charge in [0.2, 0.25) is 0 Å². The van der Waals surface area contributed by atoms with Gasteiger partial charge in [-0.05, 0) is 0 Å². The van der Waals surface area contributed by atoms with Crippen molar-refractivity contribution in [2.75, 3.05) is 6.54 Å². The molecule has 33 heavy (non-hydrogen) atoms. The van der Waals surface area contributed by atoms with Crippen LogP contribution < -0.4 is 10.6 Å². The van der Waals surface area contributed by atoms with Crippen LogP contribution in [0.15, 0.2) is 0 Å². The minimum atomic E-state index is -1.20. The first-order valence-electron chi connectivity index (χ1n) is 12.0. The van der Waals surface area contributed by atoms with Crippen LogP contribution in [0.25, 0.3) is 0 Å². The van der Waals surface area contributed by atoms with Gasteiger partial charge in [0.15, 0.2) is 0 Å². The fraction of sp³-hybridized carbons (Fsp3) is 0.826. The van der Waals surface area contributed by atoms with E-state index in [9.17, 15) is 24.3 Å². The molecule has 1 saturated carbocycles. The van der Waals surface area contributed by atoms with E-state index in [4.69, 9.17) is 4.74 Å². The number of fused-ring (bicyclic) bond motifs is 2. The van der Waals surface area contributed by atoms with Gasteiger partial charge in [0, 0.05) is 0 Å². The number of alkyl carbamates (subject to hydrolysis) is 1. The van der Waals surface area contributed by atoms with Gasteiger partial charge < -0.3 is 0 Å². The van der Waals surface area contributed by atoms with Crippen molar-refractivity contribution in [3.63, 3.8) is 0 Å². The Hall–Kier alpha value is -1.40. The zero-order valence-corrected chi connectivity index (χ0v) is 24.4. The van der Waals surface area contributed by atoms with Gasteiger partial charge in [-0.1, -0.05) is 0 Å². The topological polar surface area (TPSA) is 125 Å². The number of carbonyl (C=O) groups is 4. The van der Waals surface area contributed by atoms with E-state index in [0.717, 1.165) is 57.9 Å². The van der Waals surface area contributed by atoms with Gasteiger partial charge in [-0.25, -0.2) is 0 Å². The van der Waals surface area contributed by atoms with Crippen molar-refractivity contribution < 1.29 is 29.0 Å². The zero-order valence-electron chi connectivity index (χ0n) is 19.9. The summed E-state index contributed by atoms with van der Waals surface area (Å²) in [5.41, 5.74) is -1.88. The molecule has 3 amide bonds. The summed E-state index contributed by atoms with van der Waals surface area (Å²) in [4.78, 5) is 52.6. The predicted octanol–water partition coefficient (Wildman–Crippen LogP) is 2.14. The second-order valence-corrected chi connectivity index (χ2v) is 14.4. The van der Waals surface area contributed by atoms with Crippen molar-refractivity contribution in [2.45, 2.75) is 105 Å². The molecule has 5 atom stereocenters. The van der Waals surface area contributed by atoms with Crippen LogP contribution in [0.4, 0.5) is 4.79 Å². The van der Waals surface area contributed by atoms with E-state index in [0.29, 0.717) is 35.7 Å². The van der Waals surface area contributed by atoms with Gasteiger partial charge in [0.05, 0.1) is 0 Å². The number of hydrogen-bond acceptors (Lipinski definition) is 5. The molecule has 182 valence electrons. The Morgan fingerprint density at radius 3 is 2.52 bits per heavy atom. The second-order valence-electron chi connectivity index (χ2n) is 10.7. The first kappa shape index (κ1) is 26.2. The normalized spacial score (nSPS) is 33.6. The monoisotopic (exact) mass is 655 g/mol. The second kappa shape index (κ2) is 10.5. The number of carbonyl (C=O) groups excluding carboxylic acids is 3. The van der Waals surface area contributed by atoms with Crippen molar-refractivity contribution in [1.29, 1.82) is 0 Å². The summed E-state index contributed by atoms with van der Waals surface area (Å²) < 4.78 is 5.89. The first-order valence-corrected chi connectivity index (χ1v) is 14.6. The Balaban J connectivity index is 1.80. The number of aliphatic carboxylic acids is 1. The van der Waals surface area contributed by atoms with E-state index in [1.165, 1.54) is 4.90 Å². The fourth-order valence-electron chi connectivity index (χ4n) is 5.01. The molecule has 0 spiro atoms. The molecule has 2 heterocycles. The molecular formula is C23H36N3O6Tl.